The van der Waals surface area contributed by atoms with Crippen molar-refractivity contribution in [2.75, 3.05) is 0 Å². The van der Waals surface area contributed by atoms with E-state index >= 15 is 0 Å². The van der Waals surface area contributed by atoms with Crippen LogP contribution in [0.15, 0.2) is 0 Å². The van der Waals surface area contributed by atoms with E-state index < -0.39 is 0 Å². The second-order valence-electron chi connectivity index (χ2n) is 3.85. The molecule has 0 aromatic rings. The lowest BCUT2D eigenvalue weighted by molar-refractivity contribution is 0.259. The van der Waals surface area contributed by atoms with Gasteiger partial charge in [-0.1, -0.05) is 32.4 Å². The summed E-state index contributed by atoms with van der Waals surface area (Å²) in [5, 5.41) is -0.377. The number of alkyl halides is 1. The van der Waals surface area contributed by atoms with Crippen molar-refractivity contribution in [1.82, 2.24) is 0 Å². The van der Waals surface area contributed by atoms with Crippen molar-refractivity contribution in [3.05, 3.63) is 0 Å². The van der Waals surface area contributed by atoms with Crippen LogP contribution in [-0.4, -0.2) is 11.2 Å². The first-order valence-electron chi connectivity index (χ1n) is 3.21. The predicted octanol–water partition coefficient (Wildman–Crippen LogP) is 2.39. The molecular weight excluding hydrogens is 136 g/mol. The molecule has 1 heterocycles. The third-order valence-corrected chi connectivity index (χ3v) is 1.83. The minimum absolute atomic E-state index is 0.191. The van der Waals surface area contributed by atoms with Crippen molar-refractivity contribution >= 4 is 11.6 Å². The largest absolute Gasteiger partial charge is 0.349 e. The Morgan fingerprint density at radius 3 is 1.78 bits per heavy atom. The van der Waals surface area contributed by atoms with Gasteiger partial charge in [-0.25, -0.2) is 0 Å². The van der Waals surface area contributed by atoms with Crippen LogP contribution in [0.25, 0.3) is 0 Å². The summed E-state index contributed by atoms with van der Waals surface area (Å²) in [5.74, 6) is 0. The van der Waals surface area contributed by atoms with Gasteiger partial charge in [0.15, 0.2) is 5.06 Å². The summed E-state index contributed by atoms with van der Waals surface area (Å²) < 4.78 is 5.23. The molecular formula is C7H13ClO. The molecule has 54 valence electrons. The summed E-state index contributed by atoms with van der Waals surface area (Å²) in [6.45, 7) is 8.30. The van der Waals surface area contributed by atoms with Gasteiger partial charge >= 0.3 is 0 Å². The Kier molecular flexibility index (Phi) is 1.34. The van der Waals surface area contributed by atoms with E-state index in [-0.39, 0.29) is 16.6 Å². The molecule has 1 fully saturated rings. The number of hydrogen-bond donors (Lipinski definition) is 0. The van der Waals surface area contributed by atoms with Crippen LogP contribution in [0, 0.1) is 5.41 Å². The molecule has 0 radical (unpaired) electrons. The van der Waals surface area contributed by atoms with E-state index in [9.17, 15) is 0 Å². The van der Waals surface area contributed by atoms with Crippen molar-refractivity contribution in [2.45, 2.75) is 38.9 Å². The monoisotopic (exact) mass is 148 g/mol. The molecule has 0 N–H and O–H groups in total. The maximum Gasteiger partial charge on any atom is 0.166 e. The van der Waals surface area contributed by atoms with Crippen molar-refractivity contribution < 1.29 is 4.74 Å². The van der Waals surface area contributed by atoms with E-state index in [2.05, 4.69) is 20.8 Å². The van der Waals surface area contributed by atoms with Gasteiger partial charge < -0.3 is 4.74 Å². The maximum absolute atomic E-state index is 5.87. The Labute approximate surface area is 61.3 Å². The van der Waals surface area contributed by atoms with Gasteiger partial charge in [-0.15, -0.1) is 0 Å². The number of halogens is 1. The average Bonchev–Trinajstić information content (AvgIpc) is 2.10. The molecule has 1 aliphatic rings. The number of rotatable bonds is 0. The van der Waals surface area contributed by atoms with Gasteiger partial charge in [0, 0.05) is 0 Å². The van der Waals surface area contributed by atoms with Crippen LogP contribution >= 0.6 is 11.6 Å². The van der Waals surface area contributed by atoms with Gasteiger partial charge in [-0.05, 0) is 12.3 Å². The molecule has 0 aliphatic carbocycles. The van der Waals surface area contributed by atoms with Gasteiger partial charge in [0.25, 0.3) is 0 Å². The summed E-state index contributed by atoms with van der Waals surface area (Å²) in [6, 6.07) is 0. The first-order valence-corrected chi connectivity index (χ1v) is 3.58. The quantitative estimate of drug-likeness (QED) is 0.380. The zero-order valence-corrected chi connectivity index (χ0v) is 7.12. The van der Waals surface area contributed by atoms with Gasteiger partial charge in [0.05, 0.1) is 0 Å². The lowest BCUT2D eigenvalue weighted by atomic mass is 9.90. The Hall–Kier alpha value is 0.250. The van der Waals surface area contributed by atoms with Gasteiger partial charge in [-0.2, -0.15) is 0 Å². The molecule has 0 saturated carbocycles. The Bertz CT molecular complexity index is 123. The summed E-state index contributed by atoms with van der Waals surface area (Å²) in [7, 11) is 0. The summed E-state index contributed by atoms with van der Waals surface area (Å²) in [5.41, 5.74) is 0.191. The zero-order chi connectivity index (χ0) is 7.28. The normalized spacial score (nSPS) is 43.0. The smallest absolute Gasteiger partial charge is 0.166 e. The first kappa shape index (κ1) is 7.36. The zero-order valence-electron chi connectivity index (χ0n) is 6.36. The lowest BCUT2D eigenvalue weighted by Crippen LogP contribution is -2.18. The number of ether oxygens (including phenoxy) is 1. The molecule has 0 bridgehead atoms. The lowest BCUT2D eigenvalue weighted by Gasteiger charge is -2.14. The molecule has 0 amide bonds. The molecule has 0 spiro atoms. The molecule has 0 aromatic carbocycles. The highest BCUT2D eigenvalue weighted by molar-refractivity contribution is 6.24. The van der Waals surface area contributed by atoms with Crippen LogP contribution in [-0.2, 0) is 4.74 Å². The molecule has 9 heavy (non-hydrogen) atoms. The fraction of sp³-hybridized carbons (Fsp3) is 1.00. The fourth-order valence-corrected chi connectivity index (χ4v) is 1.56. The highest BCUT2D eigenvalue weighted by Gasteiger charge is 2.56. The van der Waals surface area contributed by atoms with E-state index in [1.165, 1.54) is 0 Å². The second-order valence-corrected chi connectivity index (χ2v) is 4.60. The van der Waals surface area contributed by atoms with Crippen LogP contribution in [0.4, 0.5) is 0 Å². The molecule has 1 aliphatic heterocycles. The Morgan fingerprint density at radius 2 is 1.78 bits per heavy atom. The van der Waals surface area contributed by atoms with Crippen LogP contribution in [0.5, 0.6) is 0 Å². The predicted molar refractivity (Wildman–Crippen MR) is 38.6 cm³/mol. The van der Waals surface area contributed by atoms with Crippen molar-refractivity contribution in [2.24, 2.45) is 5.41 Å². The van der Waals surface area contributed by atoms with Crippen LogP contribution in [0.2, 0.25) is 0 Å². The second kappa shape index (κ2) is 1.64. The van der Waals surface area contributed by atoms with Crippen LogP contribution in [0.3, 0.4) is 0 Å². The third kappa shape index (κ3) is 1.39. The molecule has 2 heteroatoms. The van der Waals surface area contributed by atoms with E-state index in [0.717, 1.165) is 0 Å². The number of epoxide rings is 1. The van der Waals surface area contributed by atoms with Crippen LogP contribution in [0.1, 0.15) is 27.7 Å². The SMILES string of the molecule is CC(C)(C)[C@H]1O[C@]1(C)Cl. The standard InChI is InChI=1S/C7H13ClO/c1-6(2,3)5-7(4,8)9-5/h5H,1-4H3/t5-,7+/m1/s1. The topological polar surface area (TPSA) is 12.5 Å². The summed E-state index contributed by atoms with van der Waals surface area (Å²) in [4.78, 5) is 0. The van der Waals surface area contributed by atoms with Crippen molar-refractivity contribution in [3.8, 4) is 0 Å². The molecule has 2 atom stereocenters. The van der Waals surface area contributed by atoms with E-state index in [4.69, 9.17) is 16.3 Å². The molecule has 1 saturated heterocycles. The Balaban J connectivity index is 2.52. The average molecular weight is 149 g/mol. The van der Waals surface area contributed by atoms with E-state index in [1.54, 1.807) is 0 Å². The minimum atomic E-state index is -0.377. The van der Waals surface area contributed by atoms with E-state index in [1.807, 2.05) is 6.92 Å². The van der Waals surface area contributed by atoms with Crippen molar-refractivity contribution in [1.29, 1.82) is 0 Å². The fourth-order valence-electron chi connectivity index (χ4n) is 1.15. The maximum atomic E-state index is 5.87. The van der Waals surface area contributed by atoms with Gasteiger partial charge in [0.2, 0.25) is 0 Å². The molecule has 0 aromatic heterocycles. The van der Waals surface area contributed by atoms with Gasteiger partial charge in [-0.3, -0.25) is 0 Å². The molecule has 1 rings (SSSR count). The highest BCUT2D eigenvalue weighted by Crippen LogP contribution is 2.49. The first-order chi connectivity index (χ1) is 3.84. The Morgan fingerprint density at radius 1 is 1.44 bits per heavy atom. The molecule has 0 unspecified atom stereocenters. The van der Waals surface area contributed by atoms with Crippen molar-refractivity contribution in [3.63, 3.8) is 0 Å². The van der Waals surface area contributed by atoms with Gasteiger partial charge in [0.1, 0.15) is 6.10 Å². The highest BCUT2D eigenvalue weighted by atomic mass is 35.5. The summed E-state index contributed by atoms with van der Waals surface area (Å²) in [6.07, 6.45) is 0.228. The van der Waals surface area contributed by atoms with E-state index in [0.29, 0.717) is 0 Å². The third-order valence-electron chi connectivity index (χ3n) is 1.55. The molecule has 1 nitrogen and oxygen atoms in total. The number of hydrogen-bond acceptors (Lipinski definition) is 1. The minimum Gasteiger partial charge on any atom is -0.349 e. The summed E-state index contributed by atoms with van der Waals surface area (Å²) >= 11 is 5.87. The van der Waals surface area contributed by atoms with Crippen LogP contribution < -0.4 is 0 Å².